The summed E-state index contributed by atoms with van der Waals surface area (Å²) in [6, 6.07) is 10.2. The van der Waals surface area contributed by atoms with Crippen LogP contribution >= 0.6 is 0 Å². The Morgan fingerprint density at radius 2 is 1.41 bits per heavy atom. The molecule has 1 aromatic carbocycles. The van der Waals surface area contributed by atoms with E-state index in [1.54, 1.807) is 0 Å². The van der Waals surface area contributed by atoms with Gasteiger partial charge in [0.1, 0.15) is 13.5 Å². The molecule has 0 radical (unpaired) electrons. The minimum absolute atomic E-state index is 0.585. The lowest BCUT2D eigenvalue weighted by Gasteiger charge is -2.24. The van der Waals surface area contributed by atoms with Gasteiger partial charge in [0.05, 0.1) is 0 Å². The summed E-state index contributed by atoms with van der Waals surface area (Å²) >= 11 is 0. The molecule has 0 aromatic heterocycles. The van der Waals surface area contributed by atoms with E-state index in [4.69, 9.17) is 9.47 Å². The van der Waals surface area contributed by atoms with Gasteiger partial charge >= 0.3 is 0 Å². The molecule has 0 bridgehead atoms. The molecule has 0 aliphatic carbocycles. The van der Waals surface area contributed by atoms with Crippen molar-refractivity contribution in [3.63, 3.8) is 0 Å². The quantitative estimate of drug-likeness (QED) is 0.486. The van der Waals surface area contributed by atoms with Gasteiger partial charge in [0, 0.05) is 18.9 Å². The maximum absolute atomic E-state index is 5.58. The van der Waals surface area contributed by atoms with Crippen molar-refractivity contribution in [3.05, 3.63) is 30.3 Å². The van der Waals surface area contributed by atoms with Crippen LogP contribution in [0.2, 0.25) is 0 Å². The van der Waals surface area contributed by atoms with E-state index in [0.717, 1.165) is 31.7 Å². The van der Waals surface area contributed by atoms with Crippen LogP contribution in [0.15, 0.2) is 30.3 Å². The highest BCUT2D eigenvalue weighted by Crippen LogP contribution is 2.13. The monoisotopic (exact) mass is 237 g/mol. The summed E-state index contributed by atoms with van der Waals surface area (Å²) < 4.78 is 11.2. The summed E-state index contributed by atoms with van der Waals surface area (Å²) in [4.78, 5) is 2.10. The van der Waals surface area contributed by atoms with E-state index in [1.807, 2.05) is 18.2 Å². The Kier molecular flexibility index (Phi) is 7.43. The Morgan fingerprint density at radius 1 is 0.882 bits per heavy atom. The van der Waals surface area contributed by atoms with Crippen LogP contribution in [-0.2, 0) is 9.47 Å². The molecule has 0 saturated heterocycles. The molecule has 0 heterocycles. The van der Waals surface area contributed by atoms with Crippen LogP contribution in [0.5, 0.6) is 0 Å². The molecular weight excluding hydrogens is 214 g/mol. The largest absolute Gasteiger partial charge is 0.361 e. The summed E-state index contributed by atoms with van der Waals surface area (Å²) in [6.45, 7) is 6.97. The minimum atomic E-state index is 0.585. The normalized spacial score (nSPS) is 10.5. The summed E-state index contributed by atoms with van der Waals surface area (Å²) in [7, 11) is 0. The highest BCUT2D eigenvalue weighted by Gasteiger charge is 2.05. The van der Waals surface area contributed by atoms with Crippen molar-refractivity contribution < 1.29 is 9.47 Å². The summed E-state index contributed by atoms with van der Waals surface area (Å²) in [6.07, 6.45) is 2.08. The van der Waals surface area contributed by atoms with Crippen molar-refractivity contribution in [3.8, 4) is 0 Å². The molecule has 0 aliphatic heterocycles. The lowest BCUT2D eigenvalue weighted by molar-refractivity contribution is 0.0853. The molecule has 17 heavy (non-hydrogen) atoms. The van der Waals surface area contributed by atoms with Crippen molar-refractivity contribution in [2.75, 3.05) is 31.6 Å². The van der Waals surface area contributed by atoms with Crippen LogP contribution < -0.4 is 4.90 Å². The van der Waals surface area contributed by atoms with E-state index >= 15 is 0 Å². The average Bonchev–Trinajstić information content (AvgIpc) is 2.38. The fraction of sp³-hybridized carbons (Fsp3) is 0.571. The molecule has 1 aromatic rings. The molecule has 0 amide bonds. The van der Waals surface area contributed by atoms with E-state index in [1.165, 1.54) is 0 Å². The highest BCUT2D eigenvalue weighted by molar-refractivity contribution is 5.44. The van der Waals surface area contributed by atoms with Crippen LogP contribution in [-0.4, -0.2) is 26.7 Å². The van der Waals surface area contributed by atoms with Crippen molar-refractivity contribution in [1.82, 2.24) is 0 Å². The summed E-state index contributed by atoms with van der Waals surface area (Å²) in [5.74, 6) is 0. The second-order valence-electron chi connectivity index (χ2n) is 3.95. The molecule has 0 fully saturated rings. The zero-order valence-corrected chi connectivity index (χ0v) is 10.9. The number of ether oxygens (including phenoxy) is 2. The predicted octanol–water partition coefficient (Wildman–Crippen LogP) is 3.26. The Morgan fingerprint density at radius 3 is 1.88 bits per heavy atom. The van der Waals surface area contributed by atoms with Crippen molar-refractivity contribution in [2.24, 2.45) is 0 Å². The first-order valence-electron chi connectivity index (χ1n) is 6.34. The van der Waals surface area contributed by atoms with E-state index in [9.17, 15) is 0 Å². The van der Waals surface area contributed by atoms with Crippen molar-refractivity contribution in [2.45, 2.75) is 26.7 Å². The van der Waals surface area contributed by atoms with Crippen molar-refractivity contribution in [1.29, 1.82) is 0 Å². The van der Waals surface area contributed by atoms with Crippen LogP contribution in [0.1, 0.15) is 26.7 Å². The molecule has 0 unspecified atom stereocenters. The molecular formula is C14H23NO2. The highest BCUT2D eigenvalue weighted by atomic mass is 16.5. The minimum Gasteiger partial charge on any atom is -0.361 e. The fourth-order valence-electron chi connectivity index (χ4n) is 1.46. The Hall–Kier alpha value is -1.06. The Balaban J connectivity index is 2.46. The number of benzene rings is 1. The molecule has 1 rings (SSSR count). The zero-order chi connectivity index (χ0) is 12.3. The third-order valence-electron chi connectivity index (χ3n) is 2.31. The van der Waals surface area contributed by atoms with E-state index in [-0.39, 0.29) is 0 Å². The van der Waals surface area contributed by atoms with E-state index in [0.29, 0.717) is 13.5 Å². The first-order chi connectivity index (χ1) is 8.38. The average molecular weight is 237 g/mol. The second kappa shape index (κ2) is 9.02. The molecule has 0 spiro atoms. The Bertz CT molecular complexity index is 267. The maximum atomic E-state index is 5.58. The molecule has 0 aliphatic rings. The SMILES string of the molecule is CCCOCN(COCCC)c1ccccc1. The van der Waals surface area contributed by atoms with Crippen LogP contribution in [0.25, 0.3) is 0 Å². The number of rotatable bonds is 9. The van der Waals surface area contributed by atoms with Gasteiger partial charge < -0.3 is 14.4 Å². The number of hydrogen-bond acceptors (Lipinski definition) is 3. The van der Waals surface area contributed by atoms with Crippen molar-refractivity contribution >= 4 is 5.69 Å². The smallest absolute Gasteiger partial charge is 0.120 e. The van der Waals surface area contributed by atoms with Crippen LogP contribution in [0, 0.1) is 0 Å². The third-order valence-corrected chi connectivity index (χ3v) is 2.31. The van der Waals surface area contributed by atoms with Gasteiger partial charge in [-0.3, -0.25) is 0 Å². The third kappa shape index (κ3) is 5.71. The number of para-hydroxylation sites is 1. The lowest BCUT2D eigenvalue weighted by Crippen LogP contribution is -2.29. The molecule has 0 saturated carbocycles. The number of nitrogens with zero attached hydrogens (tertiary/aromatic N) is 1. The molecule has 0 atom stereocenters. The maximum Gasteiger partial charge on any atom is 0.120 e. The van der Waals surface area contributed by atoms with E-state index in [2.05, 4.69) is 30.9 Å². The Labute approximate surface area is 104 Å². The summed E-state index contributed by atoms with van der Waals surface area (Å²) in [5, 5.41) is 0. The topological polar surface area (TPSA) is 21.7 Å². The van der Waals surface area contributed by atoms with Gasteiger partial charge in [-0.05, 0) is 25.0 Å². The standard InChI is InChI=1S/C14H23NO2/c1-3-10-16-12-15(13-17-11-4-2)14-8-6-5-7-9-14/h5-9H,3-4,10-13H2,1-2H3. The van der Waals surface area contributed by atoms with Crippen LogP contribution in [0.3, 0.4) is 0 Å². The zero-order valence-electron chi connectivity index (χ0n) is 10.9. The van der Waals surface area contributed by atoms with E-state index < -0.39 is 0 Å². The molecule has 3 nitrogen and oxygen atoms in total. The fourth-order valence-corrected chi connectivity index (χ4v) is 1.46. The second-order valence-corrected chi connectivity index (χ2v) is 3.95. The lowest BCUT2D eigenvalue weighted by atomic mass is 10.3. The van der Waals surface area contributed by atoms with Gasteiger partial charge in [0.2, 0.25) is 0 Å². The van der Waals surface area contributed by atoms with Crippen LogP contribution in [0.4, 0.5) is 5.69 Å². The number of anilines is 1. The molecule has 96 valence electrons. The van der Waals surface area contributed by atoms with Gasteiger partial charge in [-0.15, -0.1) is 0 Å². The predicted molar refractivity (Wildman–Crippen MR) is 71.1 cm³/mol. The first-order valence-corrected chi connectivity index (χ1v) is 6.34. The van der Waals surface area contributed by atoms with Gasteiger partial charge in [-0.2, -0.15) is 0 Å². The number of hydrogen-bond donors (Lipinski definition) is 0. The summed E-state index contributed by atoms with van der Waals surface area (Å²) in [5.41, 5.74) is 1.14. The van der Waals surface area contributed by atoms with Gasteiger partial charge in [0.25, 0.3) is 0 Å². The van der Waals surface area contributed by atoms with Gasteiger partial charge in [0.15, 0.2) is 0 Å². The van der Waals surface area contributed by atoms with Gasteiger partial charge in [-0.25, -0.2) is 0 Å². The van der Waals surface area contributed by atoms with Gasteiger partial charge in [-0.1, -0.05) is 32.0 Å². The first kappa shape index (κ1) is 14.0. The molecule has 3 heteroatoms. The molecule has 0 N–H and O–H groups in total.